The highest BCUT2D eigenvalue weighted by Gasteiger charge is 2.25. The molecule has 1 aliphatic rings. The third-order valence-electron chi connectivity index (χ3n) is 4.80. The van der Waals surface area contributed by atoms with Crippen LogP contribution < -0.4 is 16.0 Å². The Morgan fingerprint density at radius 2 is 2.11 bits per heavy atom. The third kappa shape index (κ3) is 4.68. The molecular formula is C20H27N5O2. The lowest BCUT2D eigenvalue weighted by molar-refractivity contribution is -0.116. The summed E-state index contributed by atoms with van der Waals surface area (Å²) in [6, 6.07) is 11.9. The van der Waals surface area contributed by atoms with E-state index in [1.165, 1.54) is 0 Å². The zero-order valence-electron chi connectivity index (χ0n) is 16.0. The zero-order chi connectivity index (χ0) is 19.2. The molecule has 27 heavy (non-hydrogen) atoms. The van der Waals surface area contributed by atoms with Crippen LogP contribution in [0, 0.1) is 0 Å². The van der Waals surface area contributed by atoms with Crippen LogP contribution in [0.4, 0.5) is 5.69 Å². The first-order valence-corrected chi connectivity index (χ1v) is 9.11. The Labute approximate surface area is 159 Å². The van der Waals surface area contributed by atoms with Crippen molar-refractivity contribution in [2.24, 2.45) is 4.99 Å². The van der Waals surface area contributed by atoms with Gasteiger partial charge in [0.15, 0.2) is 5.96 Å². The van der Waals surface area contributed by atoms with Crippen molar-refractivity contribution < 1.29 is 9.21 Å². The zero-order valence-corrected chi connectivity index (χ0v) is 16.0. The molecule has 1 aromatic heterocycles. The maximum Gasteiger partial charge on any atom is 0.225 e. The minimum atomic E-state index is 0.0499. The number of aliphatic imine (C=N–C) groups is 1. The van der Waals surface area contributed by atoms with Crippen molar-refractivity contribution in [3.63, 3.8) is 0 Å². The van der Waals surface area contributed by atoms with Crippen molar-refractivity contribution in [1.82, 2.24) is 15.5 Å². The molecule has 0 radical (unpaired) electrons. The monoisotopic (exact) mass is 369 g/mol. The largest absolute Gasteiger partial charge is 0.468 e. The summed E-state index contributed by atoms with van der Waals surface area (Å²) in [5.74, 6) is 1.77. The van der Waals surface area contributed by atoms with E-state index in [0.29, 0.717) is 25.5 Å². The van der Waals surface area contributed by atoms with Crippen molar-refractivity contribution in [1.29, 1.82) is 0 Å². The second-order valence-electron chi connectivity index (χ2n) is 6.87. The molecule has 3 rings (SSSR count). The molecule has 1 amide bonds. The predicted molar refractivity (Wildman–Crippen MR) is 107 cm³/mol. The molecule has 1 aromatic carbocycles. The Balaban J connectivity index is 1.59. The number of furan rings is 1. The van der Waals surface area contributed by atoms with E-state index in [0.717, 1.165) is 17.0 Å². The summed E-state index contributed by atoms with van der Waals surface area (Å²) in [6.07, 6.45) is 2.15. The van der Waals surface area contributed by atoms with Gasteiger partial charge in [-0.15, -0.1) is 0 Å². The van der Waals surface area contributed by atoms with Crippen molar-refractivity contribution in [2.45, 2.75) is 18.4 Å². The first-order valence-electron chi connectivity index (χ1n) is 9.11. The normalized spacial score (nSPS) is 18.0. The molecule has 2 unspecified atom stereocenters. The highest BCUT2D eigenvalue weighted by Crippen LogP contribution is 2.31. The Bertz CT molecular complexity index is 785. The van der Waals surface area contributed by atoms with E-state index in [-0.39, 0.29) is 17.9 Å². The van der Waals surface area contributed by atoms with Crippen molar-refractivity contribution >= 4 is 17.6 Å². The van der Waals surface area contributed by atoms with Gasteiger partial charge in [0.25, 0.3) is 0 Å². The van der Waals surface area contributed by atoms with Gasteiger partial charge in [-0.1, -0.05) is 18.2 Å². The molecule has 2 atom stereocenters. The number of carbonyl (C=O) groups excluding carboxylic acids is 1. The van der Waals surface area contributed by atoms with Crippen LogP contribution in [0.3, 0.4) is 0 Å². The molecule has 0 spiro atoms. The highest BCUT2D eigenvalue weighted by atomic mass is 16.3. The first-order chi connectivity index (χ1) is 13.1. The fraction of sp³-hybridized carbons (Fsp3) is 0.400. The summed E-state index contributed by atoms with van der Waals surface area (Å²) in [4.78, 5) is 18.4. The summed E-state index contributed by atoms with van der Waals surface area (Å²) < 4.78 is 5.54. The third-order valence-corrected chi connectivity index (χ3v) is 4.80. The number of fused-ring (bicyclic) bond motifs is 1. The molecular weight excluding hydrogens is 342 g/mol. The Kier molecular flexibility index (Phi) is 6.13. The second kappa shape index (κ2) is 8.73. The number of benzene rings is 1. The minimum Gasteiger partial charge on any atom is -0.468 e. The Morgan fingerprint density at radius 1 is 1.30 bits per heavy atom. The van der Waals surface area contributed by atoms with Gasteiger partial charge >= 0.3 is 0 Å². The summed E-state index contributed by atoms with van der Waals surface area (Å²) in [5.41, 5.74) is 2.05. The van der Waals surface area contributed by atoms with Gasteiger partial charge in [0.2, 0.25) is 5.91 Å². The van der Waals surface area contributed by atoms with Crippen LogP contribution in [-0.2, 0) is 4.79 Å². The number of para-hydroxylation sites is 1. The topological polar surface area (TPSA) is 81.9 Å². The molecule has 2 heterocycles. The molecule has 3 N–H and O–H groups in total. The highest BCUT2D eigenvalue weighted by molar-refractivity contribution is 5.94. The van der Waals surface area contributed by atoms with E-state index in [1.807, 2.05) is 44.4 Å². The van der Waals surface area contributed by atoms with Crippen LogP contribution in [0.15, 0.2) is 52.1 Å². The Hall–Kier alpha value is -2.80. The summed E-state index contributed by atoms with van der Waals surface area (Å²) >= 11 is 0. The lowest BCUT2D eigenvalue weighted by atomic mass is 9.90. The molecule has 0 fully saturated rings. The van der Waals surface area contributed by atoms with Crippen molar-refractivity contribution in [3.05, 3.63) is 54.0 Å². The molecule has 2 aromatic rings. The molecule has 7 nitrogen and oxygen atoms in total. The molecule has 0 saturated carbocycles. The van der Waals surface area contributed by atoms with Gasteiger partial charge in [0.05, 0.1) is 12.3 Å². The van der Waals surface area contributed by atoms with Crippen LogP contribution in [-0.4, -0.2) is 51.0 Å². The standard InChI is InChI=1S/C20H27N5O2/c1-21-20(23-13-17(25(2)3)18-9-6-10-27-18)22-12-14-11-19(26)24-16-8-5-4-7-15(14)16/h4-10,14,17H,11-13H2,1-3H3,(H,24,26)(H2,21,22,23). The SMILES string of the molecule is CN=C(NCC1CC(=O)Nc2ccccc21)NCC(c1ccco1)N(C)C. The van der Waals surface area contributed by atoms with Gasteiger partial charge in [0.1, 0.15) is 5.76 Å². The van der Waals surface area contributed by atoms with Gasteiger partial charge in [-0.3, -0.25) is 14.7 Å². The number of carbonyl (C=O) groups is 1. The maximum absolute atomic E-state index is 12.0. The lowest BCUT2D eigenvalue weighted by Crippen LogP contribution is -2.43. The molecule has 0 saturated heterocycles. The van der Waals surface area contributed by atoms with E-state index >= 15 is 0 Å². The smallest absolute Gasteiger partial charge is 0.225 e. The van der Waals surface area contributed by atoms with Crippen LogP contribution in [0.2, 0.25) is 0 Å². The number of rotatable bonds is 6. The van der Waals surface area contributed by atoms with Crippen LogP contribution in [0.25, 0.3) is 0 Å². The summed E-state index contributed by atoms with van der Waals surface area (Å²) in [7, 11) is 5.78. The molecule has 0 aliphatic carbocycles. The molecule has 7 heteroatoms. The van der Waals surface area contributed by atoms with E-state index in [1.54, 1.807) is 13.3 Å². The van der Waals surface area contributed by atoms with E-state index < -0.39 is 0 Å². The van der Waals surface area contributed by atoms with Gasteiger partial charge < -0.3 is 20.4 Å². The average Bonchev–Trinajstić information content (AvgIpc) is 3.18. The van der Waals surface area contributed by atoms with E-state index in [4.69, 9.17) is 4.42 Å². The number of nitrogens with zero attached hydrogens (tertiary/aromatic N) is 2. The van der Waals surface area contributed by atoms with Crippen LogP contribution in [0.1, 0.15) is 29.7 Å². The lowest BCUT2D eigenvalue weighted by Gasteiger charge is -2.27. The maximum atomic E-state index is 12.0. The van der Waals surface area contributed by atoms with Gasteiger partial charge in [0, 0.05) is 38.2 Å². The van der Waals surface area contributed by atoms with Crippen LogP contribution >= 0.6 is 0 Å². The van der Waals surface area contributed by atoms with E-state index in [2.05, 4.69) is 31.9 Å². The fourth-order valence-electron chi connectivity index (χ4n) is 3.34. The molecule has 1 aliphatic heterocycles. The van der Waals surface area contributed by atoms with E-state index in [9.17, 15) is 4.79 Å². The number of amides is 1. The van der Waals surface area contributed by atoms with Crippen molar-refractivity contribution in [3.8, 4) is 0 Å². The summed E-state index contributed by atoms with van der Waals surface area (Å²) in [6.45, 7) is 1.29. The number of guanidine groups is 1. The number of nitrogens with one attached hydrogen (secondary N) is 3. The quantitative estimate of drug-likeness (QED) is 0.537. The van der Waals surface area contributed by atoms with Gasteiger partial charge in [-0.05, 0) is 37.9 Å². The molecule has 0 bridgehead atoms. The summed E-state index contributed by atoms with van der Waals surface area (Å²) in [5, 5.41) is 9.63. The fourth-order valence-corrected chi connectivity index (χ4v) is 3.34. The average molecular weight is 369 g/mol. The van der Waals surface area contributed by atoms with Crippen LogP contribution in [0.5, 0.6) is 0 Å². The second-order valence-corrected chi connectivity index (χ2v) is 6.87. The number of hydrogen-bond acceptors (Lipinski definition) is 4. The number of likely N-dealkylation sites (N-methyl/N-ethyl adjacent to an activating group) is 1. The minimum absolute atomic E-state index is 0.0499. The van der Waals surface area contributed by atoms with Crippen molar-refractivity contribution in [2.75, 3.05) is 39.5 Å². The molecule has 144 valence electrons. The predicted octanol–water partition coefficient (Wildman–Crippen LogP) is 2.17. The first kappa shape index (κ1) is 19.0. The number of anilines is 1. The Morgan fingerprint density at radius 3 is 2.81 bits per heavy atom. The van der Waals surface area contributed by atoms with Gasteiger partial charge in [-0.25, -0.2) is 0 Å². The number of hydrogen-bond donors (Lipinski definition) is 3. The van der Waals surface area contributed by atoms with Gasteiger partial charge in [-0.2, -0.15) is 0 Å².